The van der Waals surface area contributed by atoms with Crippen molar-refractivity contribution in [3.8, 4) is 50.6 Å². The van der Waals surface area contributed by atoms with Gasteiger partial charge in [0.1, 0.15) is 5.49 Å². The van der Waals surface area contributed by atoms with Crippen LogP contribution in [0.1, 0.15) is 36.1 Å². The summed E-state index contributed by atoms with van der Waals surface area (Å²) < 4.78 is 0. The molecule has 48 heavy (non-hydrogen) atoms. The number of rotatable bonds is 4. The molecule has 6 aromatic carbocycles. The molecule has 0 atom stereocenters. The van der Waals surface area contributed by atoms with E-state index in [0.717, 1.165) is 33.2 Å². The quantitative estimate of drug-likeness (QED) is 0.150. The van der Waals surface area contributed by atoms with Crippen LogP contribution in [0.3, 0.4) is 0 Å². The number of amidine groups is 1. The lowest BCUT2D eigenvalue weighted by atomic mass is 9.81. The Morgan fingerprint density at radius 3 is 1.96 bits per heavy atom. The third kappa shape index (κ3) is 4.85. The maximum Gasteiger partial charge on any atom is 0.154 e. The van der Waals surface area contributed by atoms with Crippen molar-refractivity contribution >= 4 is 16.6 Å². The zero-order chi connectivity index (χ0) is 32.8. The fourth-order valence-corrected chi connectivity index (χ4v) is 7.16. The first-order chi connectivity index (χ1) is 23.4. The predicted octanol–water partition coefficient (Wildman–Crippen LogP) is 10.3. The second kappa shape index (κ2) is 11.5. The highest BCUT2D eigenvalue weighted by molar-refractivity contribution is 6.06. The number of H-pyrrole nitrogens is 1. The van der Waals surface area contributed by atoms with E-state index in [1.807, 2.05) is 60.8 Å². The molecule has 228 valence electrons. The lowest BCUT2D eigenvalue weighted by molar-refractivity contribution is 0.660. The van der Waals surface area contributed by atoms with Crippen LogP contribution in [-0.2, 0) is 5.41 Å². The van der Waals surface area contributed by atoms with Gasteiger partial charge in [0.15, 0.2) is 5.84 Å². The molecule has 0 spiro atoms. The van der Waals surface area contributed by atoms with Gasteiger partial charge in [0.05, 0.1) is 11.6 Å². The van der Waals surface area contributed by atoms with E-state index in [2.05, 4.69) is 110 Å². The van der Waals surface area contributed by atoms with Gasteiger partial charge >= 0.3 is 0 Å². The summed E-state index contributed by atoms with van der Waals surface area (Å²) in [5, 5.41) is 20.8. The van der Waals surface area contributed by atoms with E-state index < -0.39 is 0 Å². The Labute approximate surface area is 279 Å². The molecule has 8 rings (SSSR count). The van der Waals surface area contributed by atoms with E-state index in [-0.39, 0.29) is 11.3 Å². The molecule has 1 aliphatic rings. The summed E-state index contributed by atoms with van der Waals surface area (Å²) in [6.45, 7) is 4.50. The number of hydrogen-bond donors (Lipinski definition) is 2. The van der Waals surface area contributed by atoms with Crippen LogP contribution in [-0.4, -0.2) is 10.8 Å². The Balaban J connectivity index is 1.18. The van der Waals surface area contributed by atoms with Crippen molar-refractivity contribution in [3.05, 3.63) is 173 Å². The third-order valence-electron chi connectivity index (χ3n) is 9.63. The van der Waals surface area contributed by atoms with Crippen LogP contribution in [0, 0.1) is 16.7 Å². The van der Waals surface area contributed by atoms with Crippen molar-refractivity contribution in [1.82, 2.24) is 4.98 Å². The van der Waals surface area contributed by atoms with E-state index in [9.17, 15) is 5.26 Å². The highest BCUT2D eigenvalue weighted by atomic mass is 14.9. The molecular weight excluding hydrogens is 585 g/mol. The molecule has 1 aromatic heterocycles. The fourth-order valence-electron chi connectivity index (χ4n) is 7.16. The predicted molar refractivity (Wildman–Crippen MR) is 196 cm³/mol. The van der Waals surface area contributed by atoms with Gasteiger partial charge in [-0.3, -0.25) is 5.41 Å². The van der Waals surface area contributed by atoms with Crippen molar-refractivity contribution in [2.75, 3.05) is 0 Å². The van der Waals surface area contributed by atoms with Crippen LogP contribution in [0.25, 0.3) is 55.3 Å². The topological polar surface area (TPSA) is 75.8 Å². The van der Waals surface area contributed by atoms with Gasteiger partial charge in [-0.1, -0.05) is 117 Å². The fraction of sp³-hybridized carbons (Fsp3) is 0.0682. The largest absolute Gasteiger partial charge is 0.346 e. The van der Waals surface area contributed by atoms with Crippen molar-refractivity contribution in [2.45, 2.75) is 19.3 Å². The van der Waals surface area contributed by atoms with Gasteiger partial charge in [-0.2, -0.15) is 5.26 Å². The first kappa shape index (κ1) is 29.1. The van der Waals surface area contributed by atoms with Gasteiger partial charge in [0.2, 0.25) is 0 Å². The van der Waals surface area contributed by atoms with E-state index in [0.29, 0.717) is 11.1 Å². The average molecular weight is 617 g/mol. The average Bonchev–Trinajstić information content (AvgIpc) is 3.36. The minimum absolute atomic E-state index is 0.195. The van der Waals surface area contributed by atoms with E-state index in [1.165, 1.54) is 38.8 Å². The van der Waals surface area contributed by atoms with E-state index >= 15 is 0 Å². The summed E-state index contributed by atoms with van der Waals surface area (Å²) >= 11 is 0. The summed E-state index contributed by atoms with van der Waals surface area (Å²) in [6, 6.07) is 50.3. The molecule has 0 radical (unpaired) electrons. The molecule has 1 heterocycles. The van der Waals surface area contributed by atoms with Gasteiger partial charge in [-0.25, -0.2) is 4.99 Å². The van der Waals surface area contributed by atoms with Crippen LogP contribution in [0.15, 0.2) is 151 Å². The second-order valence-corrected chi connectivity index (χ2v) is 12.8. The van der Waals surface area contributed by atoms with Crippen molar-refractivity contribution in [2.24, 2.45) is 4.99 Å². The molecule has 4 heteroatoms. The number of hydrogen-bond acceptors (Lipinski definition) is 2. The molecule has 0 bridgehead atoms. The van der Waals surface area contributed by atoms with Gasteiger partial charge in [0.25, 0.3) is 0 Å². The normalized spacial score (nSPS) is 13.1. The van der Waals surface area contributed by atoms with Crippen LogP contribution < -0.4 is 5.49 Å². The first-order valence-electron chi connectivity index (χ1n) is 16.1. The number of aromatic amines is 1. The Morgan fingerprint density at radius 1 is 0.604 bits per heavy atom. The zero-order valence-corrected chi connectivity index (χ0v) is 26.8. The van der Waals surface area contributed by atoms with Crippen LogP contribution in [0.5, 0.6) is 0 Å². The van der Waals surface area contributed by atoms with Gasteiger partial charge in [0, 0.05) is 22.7 Å². The molecule has 4 nitrogen and oxygen atoms in total. The standard InChI is InChI=1S/C44H32N4/c1-44(2)40-24-28(27-45)17-19-38(40)39-20-18-31(26-41(39)44)34-22-21-33(36-14-6-7-15-37(34)36)30-12-8-13-32(25-30)42(46)48-43-35(16-9-23-47-43)29-10-4-3-5-11-29/h3-26H,1-2H3,(H2,46,47,48). The van der Waals surface area contributed by atoms with Crippen LogP contribution in [0.4, 0.5) is 0 Å². The first-order valence-corrected chi connectivity index (χ1v) is 16.1. The Bertz CT molecular complexity index is 2510. The zero-order valence-electron chi connectivity index (χ0n) is 26.8. The molecule has 0 saturated carbocycles. The Kier molecular flexibility index (Phi) is 6.97. The molecule has 2 N–H and O–H groups in total. The number of nitrogens with zero attached hydrogens (tertiary/aromatic N) is 2. The second-order valence-electron chi connectivity index (χ2n) is 12.8. The molecule has 0 aliphatic heterocycles. The molecule has 7 aromatic rings. The van der Waals surface area contributed by atoms with Crippen molar-refractivity contribution in [1.29, 1.82) is 10.7 Å². The van der Waals surface area contributed by atoms with E-state index in [4.69, 9.17) is 10.4 Å². The molecule has 0 amide bonds. The lowest BCUT2D eigenvalue weighted by Crippen LogP contribution is -2.15. The molecule has 0 saturated heterocycles. The summed E-state index contributed by atoms with van der Waals surface area (Å²) in [5.74, 6) is 0.195. The third-order valence-corrected chi connectivity index (χ3v) is 9.63. The highest BCUT2D eigenvalue weighted by Gasteiger charge is 2.35. The van der Waals surface area contributed by atoms with Crippen LogP contribution >= 0.6 is 0 Å². The number of fused-ring (bicyclic) bond motifs is 4. The maximum atomic E-state index is 9.54. The monoisotopic (exact) mass is 616 g/mol. The molecule has 0 fully saturated rings. The number of pyridine rings is 1. The lowest BCUT2D eigenvalue weighted by Gasteiger charge is -2.22. The minimum atomic E-state index is -0.210. The van der Waals surface area contributed by atoms with Crippen molar-refractivity contribution < 1.29 is 0 Å². The Hall–Kier alpha value is -6.31. The maximum absolute atomic E-state index is 9.54. The molecule has 0 unspecified atom stereocenters. The molecular formula is C44H32N4. The van der Waals surface area contributed by atoms with Gasteiger partial charge in [-0.15, -0.1) is 0 Å². The summed E-state index contributed by atoms with van der Waals surface area (Å²) in [7, 11) is 0. The number of nitriles is 1. The molecule has 1 aliphatic carbocycles. The number of benzene rings is 6. The number of aromatic nitrogens is 1. The van der Waals surface area contributed by atoms with Gasteiger partial charge < -0.3 is 4.98 Å². The van der Waals surface area contributed by atoms with Crippen molar-refractivity contribution in [3.63, 3.8) is 0 Å². The Morgan fingerprint density at radius 2 is 1.23 bits per heavy atom. The minimum Gasteiger partial charge on any atom is -0.346 e. The summed E-state index contributed by atoms with van der Waals surface area (Å²) in [6.07, 6.45) is 1.84. The smallest absolute Gasteiger partial charge is 0.154 e. The summed E-state index contributed by atoms with van der Waals surface area (Å²) in [5.41, 5.74) is 13.3. The van der Waals surface area contributed by atoms with Crippen LogP contribution in [0.2, 0.25) is 0 Å². The number of nitrogens with one attached hydrogen (secondary N) is 2. The SMILES string of the molecule is CC1(C)c2cc(C#N)ccc2-c2ccc(-c3ccc(-c4cccc(C(=N)/N=c5\[nH]cccc5-c5ccccc5)c4)c4ccccc34)cc21. The van der Waals surface area contributed by atoms with Gasteiger partial charge in [-0.05, 0) is 97.2 Å². The van der Waals surface area contributed by atoms with E-state index in [1.54, 1.807) is 0 Å². The summed E-state index contributed by atoms with van der Waals surface area (Å²) in [4.78, 5) is 7.97. The highest BCUT2D eigenvalue weighted by Crippen LogP contribution is 2.50.